The number of esters is 1. The number of nitrogens with zero attached hydrogens (tertiary/aromatic N) is 1. The largest absolute Gasteiger partial charge is 0.462 e. The maximum Gasteiger partial charge on any atom is 0.340 e. The topological polar surface area (TPSA) is 76.1 Å². The van der Waals surface area contributed by atoms with Crippen molar-refractivity contribution < 1.29 is 9.53 Å². The number of hydrogen-bond donors (Lipinski definition) is 1. The van der Waals surface area contributed by atoms with Gasteiger partial charge in [-0.3, -0.25) is 0 Å². The lowest BCUT2D eigenvalue weighted by molar-refractivity contribution is 0.0497. The highest BCUT2D eigenvalue weighted by molar-refractivity contribution is 6.31. The van der Waals surface area contributed by atoms with E-state index in [2.05, 4.69) is 6.07 Å². The molecule has 2 N–H and O–H groups in total. The van der Waals surface area contributed by atoms with Gasteiger partial charge in [0.25, 0.3) is 0 Å². The van der Waals surface area contributed by atoms with Gasteiger partial charge in [0.2, 0.25) is 0 Å². The predicted octanol–water partition coefficient (Wildman–Crippen LogP) is 3.80. The van der Waals surface area contributed by atoms with Gasteiger partial charge < -0.3 is 10.5 Å². The highest BCUT2D eigenvalue weighted by Gasteiger charge is 2.16. The van der Waals surface area contributed by atoms with Crippen molar-refractivity contribution in [3.05, 3.63) is 28.8 Å². The summed E-state index contributed by atoms with van der Waals surface area (Å²) in [6.07, 6.45) is 2.35. The molecule has 4 nitrogen and oxygen atoms in total. The van der Waals surface area contributed by atoms with E-state index in [1.54, 1.807) is 12.1 Å². The Morgan fingerprint density at radius 2 is 2.15 bits per heavy atom. The van der Waals surface area contributed by atoms with Crippen molar-refractivity contribution in [2.24, 2.45) is 5.41 Å². The molecule has 0 amide bonds. The minimum absolute atomic E-state index is 0.313. The fourth-order valence-corrected chi connectivity index (χ4v) is 1.87. The number of nitriles is 1. The van der Waals surface area contributed by atoms with Gasteiger partial charge in [-0.2, -0.15) is 5.26 Å². The van der Waals surface area contributed by atoms with Crippen LogP contribution in [0.4, 0.5) is 5.69 Å². The molecule has 1 aromatic rings. The van der Waals surface area contributed by atoms with Gasteiger partial charge in [0.15, 0.2) is 0 Å². The zero-order valence-corrected chi connectivity index (χ0v) is 12.5. The lowest BCUT2D eigenvalue weighted by atomic mass is 9.89. The van der Waals surface area contributed by atoms with Crippen molar-refractivity contribution in [1.82, 2.24) is 0 Å². The van der Waals surface area contributed by atoms with Gasteiger partial charge in [-0.25, -0.2) is 4.79 Å². The second-order valence-electron chi connectivity index (χ2n) is 5.32. The molecule has 0 fully saturated rings. The molecule has 5 heteroatoms. The molecule has 0 radical (unpaired) electrons. The first-order valence-electron chi connectivity index (χ1n) is 6.49. The summed E-state index contributed by atoms with van der Waals surface area (Å²) in [6, 6.07) is 6.92. The molecule has 0 aliphatic carbocycles. The Kier molecular flexibility index (Phi) is 5.84. The summed E-state index contributed by atoms with van der Waals surface area (Å²) >= 11 is 5.77. The molecule has 0 aliphatic rings. The Hall–Kier alpha value is -1.73. The first kappa shape index (κ1) is 16.3. The van der Waals surface area contributed by atoms with Crippen LogP contribution in [-0.4, -0.2) is 12.6 Å². The number of nitrogen functional groups attached to an aromatic ring is 1. The van der Waals surface area contributed by atoms with Crippen LogP contribution in [0.5, 0.6) is 0 Å². The first-order valence-corrected chi connectivity index (χ1v) is 6.87. The summed E-state index contributed by atoms with van der Waals surface area (Å²) in [5.74, 6) is -0.446. The second-order valence-corrected chi connectivity index (χ2v) is 5.76. The number of nitrogens with two attached hydrogens (primary N) is 1. The van der Waals surface area contributed by atoms with Gasteiger partial charge in [-0.15, -0.1) is 0 Å². The predicted molar refractivity (Wildman–Crippen MR) is 79.4 cm³/mol. The van der Waals surface area contributed by atoms with E-state index in [0.29, 0.717) is 22.9 Å². The van der Waals surface area contributed by atoms with Crippen LogP contribution in [-0.2, 0) is 4.74 Å². The number of anilines is 1. The molecule has 0 aliphatic heterocycles. The molecule has 20 heavy (non-hydrogen) atoms. The highest BCUT2D eigenvalue weighted by Crippen LogP contribution is 2.22. The minimum atomic E-state index is -0.446. The van der Waals surface area contributed by atoms with Gasteiger partial charge in [0.1, 0.15) is 0 Å². The van der Waals surface area contributed by atoms with Crippen LogP contribution < -0.4 is 5.73 Å². The Morgan fingerprint density at radius 1 is 1.45 bits per heavy atom. The van der Waals surface area contributed by atoms with Crippen LogP contribution in [0.3, 0.4) is 0 Å². The Balaban J connectivity index is 2.36. The fraction of sp³-hybridized carbons (Fsp3) is 0.467. The number of carbonyl (C=O) groups excluding carboxylic acids is 1. The molecule has 0 unspecified atom stereocenters. The van der Waals surface area contributed by atoms with Gasteiger partial charge in [-0.05, 0) is 51.3 Å². The fourth-order valence-electron chi connectivity index (χ4n) is 1.69. The number of unbranched alkanes of at least 4 members (excludes halogenated alkanes) is 1. The standard InChI is InChI=1S/C15H19ClN2O2/c1-15(2,10-17)7-3-4-8-20-14(19)12-6-5-11(16)9-13(12)18/h5-6,9H,3-4,7-8,18H2,1-2H3. The maximum atomic E-state index is 11.8. The van der Waals surface area contributed by atoms with E-state index in [9.17, 15) is 4.79 Å². The molecule has 0 saturated carbocycles. The van der Waals surface area contributed by atoms with Crippen molar-refractivity contribution in [3.63, 3.8) is 0 Å². The van der Waals surface area contributed by atoms with Crippen LogP contribution in [0.15, 0.2) is 18.2 Å². The summed E-state index contributed by atoms with van der Waals surface area (Å²) in [5, 5.41) is 9.36. The number of hydrogen-bond acceptors (Lipinski definition) is 4. The van der Waals surface area contributed by atoms with Crippen molar-refractivity contribution in [2.45, 2.75) is 33.1 Å². The summed E-state index contributed by atoms with van der Waals surface area (Å²) in [6.45, 7) is 4.11. The summed E-state index contributed by atoms with van der Waals surface area (Å²) < 4.78 is 5.15. The number of carbonyl (C=O) groups is 1. The summed E-state index contributed by atoms with van der Waals surface area (Å²) in [4.78, 5) is 11.8. The van der Waals surface area contributed by atoms with Gasteiger partial charge >= 0.3 is 5.97 Å². The van der Waals surface area contributed by atoms with Crippen LogP contribution in [0.2, 0.25) is 5.02 Å². The minimum Gasteiger partial charge on any atom is -0.462 e. The van der Waals surface area contributed by atoms with Crippen LogP contribution in [0, 0.1) is 16.7 Å². The molecule has 0 bridgehead atoms. The van der Waals surface area contributed by atoms with Gasteiger partial charge in [0.05, 0.1) is 23.7 Å². The summed E-state index contributed by atoms with van der Waals surface area (Å²) in [7, 11) is 0. The summed E-state index contributed by atoms with van der Waals surface area (Å²) in [5.41, 5.74) is 6.02. The Morgan fingerprint density at radius 3 is 2.75 bits per heavy atom. The van der Waals surface area contributed by atoms with Crippen LogP contribution >= 0.6 is 11.6 Å². The van der Waals surface area contributed by atoms with Crippen molar-refractivity contribution in [1.29, 1.82) is 5.26 Å². The molecular formula is C15H19ClN2O2. The number of rotatable bonds is 6. The Bertz CT molecular complexity index is 521. The molecule has 1 rings (SSSR count). The molecule has 1 aromatic carbocycles. The molecule has 0 aromatic heterocycles. The quantitative estimate of drug-likeness (QED) is 0.492. The van der Waals surface area contributed by atoms with Crippen molar-refractivity contribution >= 4 is 23.3 Å². The van der Waals surface area contributed by atoms with Gasteiger partial charge in [-0.1, -0.05) is 11.6 Å². The zero-order valence-electron chi connectivity index (χ0n) is 11.8. The molecule has 0 spiro atoms. The maximum absolute atomic E-state index is 11.8. The van der Waals surface area contributed by atoms with E-state index in [1.165, 1.54) is 6.07 Å². The SMILES string of the molecule is CC(C)(C#N)CCCCOC(=O)c1ccc(Cl)cc1N. The third-order valence-electron chi connectivity index (χ3n) is 2.97. The van der Waals surface area contributed by atoms with E-state index in [-0.39, 0.29) is 5.41 Å². The number of benzene rings is 1. The van der Waals surface area contributed by atoms with Crippen molar-refractivity contribution in [2.75, 3.05) is 12.3 Å². The van der Waals surface area contributed by atoms with E-state index in [0.717, 1.165) is 19.3 Å². The number of halogens is 1. The van der Waals surface area contributed by atoms with E-state index >= 15 is 0 Å². The van der Waals surface area contributed by atoms with Crippen LogP contribution in [0.1, 0.15) is 43.5 Å². The third kappa shape index (κ3) is 5.10. The Labute approximate surface area is 124 Å². The van der Waals surface area contributed by atoms with Crippen LogP contribution in [0.25, 0.3) is 0 Å². The average molecular weight is 295 g/mol. The zero-order chi connectivity index (χ0) is 15.2. The first-order chi connectivity index (χ1) is 9.35. The molecule has 0 atom stereocenters. The molecule has 108 valence electrons. The lowest BCUT2D eigenvalue weighted by Gasteiger charge is -2.14. The molecular weight excluding hydrogens is 276 g/mol. The second kappa shape index (κ2) is 7.16. The van der Waals surface area contributed by atoms with E-state index < -0.39 is 5.97 Å². The highest BCUT2D eigenvalue weighted by atomic mass is 35.5. The monoisotopic (exact) mass is 294 g/mol. The third-order valence-corrected chi connectivity index (χ3v) is 3.20. The molecule has 0 heterocycles. The normalized spacial score (nSPS) is 10.9. The average Bonchev–Trinajstić information content (AvgIpc) is 2.38. The van der Waals surface area contributed by atoms with E-state index in [4.69, 9.17) is 27.3 Å². The smallest absolute Gasteiger partial charge is 0.340 e. The number of ether oxygens (including phenoxy) is 1. The van der Waals surface area contributed by atoms with E-state index in [1.807, 2.05) is 13.8 Å². The molecule has 0 saturated heterocycles. The van der Waals surface area contributed by atoms with Crippen molar-refractivity contribution in [3.8, 4) is 6.07 Å². The van der Waals surface area contributed by atoms with Gasteiger partial charge in [0, 0.05) is 10.7 Å². The lowest BCUT2D eigenvalue weighted by Crippen LogP contribution is -2.11.